The predicted molar refractivity (Wildman–Crippen MR) is 70.1 cm³/mol. The van der Waals surface area contributed by atoms with Gasteiger partial charge in [-0.1, -0.05) is 6.08 Å². The lowest BCUT2D eigenvalue weighted by atomic mass is 10.1. The molecule has 2 rings (SSSR count). The molecule has 0 spiro atoms. The molecule has 1 aromatic heterocycles. The number of hydrogen-bond donors (Lipinski definition) is 1. The van der Waals surface area contributed by atoms with Crippen molar-refractivity contribution >= 4 is 16.9 Å². The molecule has 0 bridgehead atoms. The van der Waals surface area contributed by atoms with Crippen LogP contribution < -0.4 is 5.56 Å². The summed E-state index contributed by atoms with van der Waals surface area (Å²) in [5.74, 6) is -0.971. The van der Waals surface area contributed by atoms with E-state index in [-0.39, 0.29) is 11.1 Å². The zero-order valence-corrected chi connectivity index (χ0v) is 10.0. The molecule has 0 radical (unpaired) electrons. The van der Waals surface area contributed by atoms with Crippen molar-refractivity contribution in [3.05, 3.63) is 58.4 Å². The summed E-state index contributed by atoms with van der Waals surface area (Å²) in [5, 5.41) is 9.76. The highest BCUT2D eigenvalue weighted by Gasteiger charge is 2.10. The van der Waals surface area contributed by atoms with Gasteiger partial charge in [-0.2, -0.15) is 0 Å². The molecule has 0 amide bonds. The van der Waals surface area contributed by atoms with Gasteiger partial charge in [0.15, 0.2) is 0 Å². The van der Waals surface area contributed by atoms with Crippen LogP contribution >= 0.6 is 0 Å². The van der Waals surface area contributed by atoms with E-state index in [1.165, 1.54) is 6.07 Å². The summed E-state index contributed by atoms with van der Waals surface area (Å²) in [6.45, 7) is 5.83. The van der Waals surface area contributed by atoms with Gasteiger partial charge in [0.2, 0.25) is 0 Å². The number of pyridine rings is 1. The van der Waals surface area contributed by atoms with Gasteiger partial charge in [0.1, 0.15) is 0 Å². The maximum atomic E-state index is 11.8. The highest BCUT2D eigenvalue weighted by atomic mass is 16.4. The number of carboxylic acids is 1. The van der Waals surface area contributed by atoms with E-state index < -0.39 is 5.97 Å². The first-order valence-corrected chi connectivity index (χ1v) is 5.53. The molecule has 0 aliphatic rings. The van der Waals surface area contributed by atoms with E-state index in [1.807, 2.05) is 0 Å². The van der Waals surface area contributed by atoms with E-state index in [4.69, 9.17) is 5.11 Å². The van der Waals surface area contributed by atoms with Crippen LogP contribution in [0, 0.1) is 6.92 Å². The number of rotatable bonds is 3. The van der Waals surface area contributed by atoms with Crippen LogP contribution in [0.15, 0.2) is 41.7 Å². The number of allylic oxidation sites excluding steroid dienone is 1. The zero-order valence-electron chi connectivity index (χ0n) is 10.0. The molecule has 1 aromatic carbocycles. The van der Waals surface area contributed by atoms with Gasteiger partial charge in [0, 0.05) is 12.6 Å². The van der Waals surface area contributed by atoms with E-state index in [0.717, 1.165) is 16.5 Å². The number of fused-ring (bicyclic) bond motifs is 1. The third-order valence-corrected chi connectivity index (χ3v) is 2.83. The van der Waals surface area contributed by atoms with Crippen LogP contribution in [0.25, 0.3) is 10.9 Å². The van der Waals surface area contributed by atoms with Crippen molar-refractivity contribution in [3.63, 3.8) is 0 Å². The second kappa shape index (κ2) is 4.49. The fourth-order valence-electron chi connectivity index (χ4n) is 2.10. The molecule has 4 heteroatoms. The summed E-state index contributed by atoms with van der Waals surface area (Å²) in [4.78, 5) is 22.8. The predicted octanol–water partition coefficient (Wildman–Crippen LogP) is 2.19. The van der Waals surface area contributed by atoms with Crippen molar-refractivity contribution < 1.29 is 9.90 Å². The maximum Gasteiger partial charge on any atom is 0.335 e. The molecule has 0 aliphatic carbocycles. The van der Waals surface area contributed by atoms with Crippen LogP contribution in [0.2, 0.25) is 0 Å². The molecule has 4 nitrogen and oxygen atoms in total. The normalized spacial score (nSPS) is 10.5. The van der Waals surface area contributed by atoms with Gasteiger partial charge in [0.25, 0.3) is 5.56 Å². The molecule has 0 fully saturated rings. The van der Waals surface area contributed by atoms with Crippen LogP contribution in [-0.2, 0) is 6.54 Å². The van der Waals surface area contributed by atoms with Crippen LogP contribution in [-0.4, -0.2) is 15.6 Å². The smallest absolute Gasteiger partial charge is 0.335 e. The number of benzene rings is 1. The molecule has 0 unspecified atom stereocenters. The lowest BCUT2D eigenvalue weighted by Crippen LogP contribution is -2.19. The minimum absolute atomic E-state index is 0.117. The van der Waals surface area contributed by atoms with Crippen LogP contribution in [0.3, 0.4) is 0 Å². The highest BCUT2D eigenvalue weighted by molar-refractivity contribution is 5.94. The summed E-state index contributed by atoms with van der Waals surface area (Å²) in [6, 6.07) is 6.24. The van der Waals surface area contributed by atoms with Crippen molar-refractivity contribution in [1.82, 2.24) is 4.57 Å². The van der Waals surface area contributed by atoms with E-state index in [1.54, 1.807) is 35.8 Å². The van der Waals surface area contributed by atoms with E-state index >= 15 is 0 Å². The SMILES string of the molecule is C=CCn1c(=O)ccc2cc(C(=O)O)cc(C)c21. The topological polar surface area (TPSA) is 59.3 Å². The molecule has 2 aromatic rings. The van der Waals surface area contributed by atoms with Crippen LogP contribution in [0.5, 0.6) is 0 Å². The second-order valence-corrected chi connectivity index (χ2v) is 4.11. The second-order valence-electron chi connectivity index (χ2n) is 4.11. The van der Waals surface area contributed by atoms with Gasteiger partial charge in [-0.3, -0.25) is 4.79 Å². The summed E-state index contributed by atoms with van der Waals surface area (Å²) >= 11 is 0. The van der Waals surface area contributed by atoms with Crippen molar-refractivity contribution in [2.75, 3.05) is 0 Å². The van der Waals surface area contributed by atoms with Gasteiger partial charge in [-0.15, -0.1) is 6.58 Å². The van der Waals surface area contributed by atoms with Gasteiger partial charge in [-0.05, 0) is 36.1 Å². The Labute approximate surface area is 104 Å². The van der Waals surface area contributed by atoms with E-state index in [0.29, 0.717) is 6.54 Å². The number of carbonyl (C=O) groups is 1. The van der Waals surface area contributed by atoms with Crippen molar-refractivity contribution in [1.29, 1.82) is 0 Å². The number of hydrogen-bond acceptors (Lipinski definition) is 2. The maximum absolute atomic E-state index is 11.8. The Morgan fingerprint density at radius 3 is 2.78 bits per heavy atom. The molecule has 0 saturated heterocycles. The van der Waals surface area contributed by atoms with Crippen LogP contribution in [0.4, 0.5) is 0 Å². The first-order valence-electron chi connectivity index (χ1n) is 5.53. The van der Waals surface area contributed by atoms with Gasteiger partial charge >= 0.3 is 5.97 Å². The molecular formula is C14H13NO3. The fourth-order valence-corrected chi connectivity index (χ4v) is 2.10. The van der Waals surface area contributed by atoms with Gasteiger partial charge in [-0.25, -0.2) is 4.79 Å². The van der Waals surface area contributed by atoms with E-state index in [9.17, 15) is 9.59 Å². The van der Waals surface area contributed by atoms with Gasteiger partial charge in [0.05, 0.1) is 11.1 Å². The quantitative estimate of drug-likeness (QED) is 0.841. The Morgan fingerprint density at radius 1 is 1.44 bits per heavy atom. The van der Waals surface area contributed by atoms with E-state index in [2.05, 4.69) is 6.58 Å². The van der Waals surface area contributed by atoms with Crippen molar-refractivity contribution in [2.45, 2.75) is 13.5 Å². The Hall–Kier alpha value is -2.36. The Kier molecular flexibility index (Phi) is 3.02. The summed E-state index contributed by atoms with van der Waals surface area (Å²) in [5.41, 5.74) is 1.63. The average Bonchev–Trinajstić information content (AvgIpc) is 2.32. The number of aromatic carboxylic acids is 1. The first kappa shape index (κ1) is 12.1. The number of carboxylic acid groups (broad SMARTS) is 1. The molecule has 92 valence electrons. The largest absolute Gasteiger partial charge is 0.478 e. The molecule has 18 heavy (non-hydrogen) atoms. The third kappa shape index (κ3) is 1.93. The number of aromatic nitrogens is 1. The summed E-state index contributed by atoms with van der Waals surface area (Å²) in [7, 11) is 0. The molecular weight excluding hydrogens is 230 g/mol. The lowest BCUT2D eigenvalue weighted by Gasteiger charge is -2.11. The molecule has 0 saturated carbocycles. The average molecular weight is 243 g/mol. The molecule has 1 heterocycles. The third-order valence-electron chi connectivity index (χ3n) is 2.83. The van der Waals surface area contributed by atoms with Crippen molar-refractivity contribution in [3.8, 4) is 0 Å². The minimum atomic E-state index is -0.971. The Bertz CT molecular complexity index is 698. The highest BCUT2D eigenvalue weighted by Crippen LogP contribution is 2.19. The number of nitrogens with zero attached hydrogens (tertiary/aromatic N) is 1. The van der Waals surface area contributed by atoms with Crippen LogP contribution in [0.1, 0.15) is 15.9 Å². The zero-order chi connectivity index (χ0) is 13.3. The standard InChI is InChI=1S/C14H13NO3/c1-3-6-15-12(16)5-4-10-8-11(14(17)18)7-9(2)13(10)15/h3-5,7-8H,1,6H2,2H3,(H,17,18). The van der Waals surface area contributed by atoms with Crippen molar-refractivity contribution in [2.24, 2.45) is 0 Å². The van der Waals surface area contributed by atoms with Gasteiger partial charge < -0.3 is 9.67 Å². The molecule has 0 atom stereocenters. The first-order chi connectivity index (χ1) is 8.54. The molecule has 1 N–H and O–H groups in total. The Balaban J connectivity index is 2.86. The monoisotopic (exact) mass is 243 g/mol. The summed E-state index contributed by atoms with van der Waals surface area (Å²) < 4.78 is 1.59. The Morgan fingerprint density at radius 2 is 2.17 bits per heavy atom. The lowest BCUT2D eigenvalue weighted by molar-refractivity contribution is 0.0697. The molecule has 0 aliphatic heterocycles. The minimum Gasteiger partial charge on any atom is -0.478 e. The fraction of sp³-hybridized carbons (Fsp3) is 0.143. The summed E-state index contributed by atoms with van der Waals surface area (Å²) in [6.07, 6.45) is 1.64. The number of aryl methyl sites for hydroxylation is 1.